The van der Waals surface area contributed by atoms with Crippen LogP contribution in [0.2, 0.25) is 5.02 Å². The Morgan fingerprint density at radius 3 is 2.90 bits per heavy atom. The number of ether oxygens (including phenoxy) is 1. The Morgan fingerprint density at radius 2 is 2.20 bits per heavy atom. The molecular weight excluding hydrogens is 280 g/mol. The summed E-state index contributed by atoms with van der Waals surface area (Å²) in [6.07, 6.45) is 0. The van der Waals surface area contributed by atoms with Crippen molar-refractivity contribution in [1.29, 1.82) is 0 Å². The Morgan fingerprint density at radius 1 is 1.45 bits per heavy atom. The zero-order chi connectivity index (χ0) is 14.5. The minimum absolute atomic E-state index is 0.0913. The van der Waals surface area contributed by atoms with E-state index in [2.05, 4.69) is 5.32 Å². The van der Waals surface area contributed by atoms with E-state index in [1.54, 1.807) is 31.3 Å². The summed E-state index contributed by atoms with van der Waals surface area (Å²) in [7, 11) is 1.57. The standard InChI is InChI=1S/C14H17ClN2O3/c1-16-14(19)12-9-20-7-6-17(12)8-13(18)10-4-2-3-5-11(10)15/h2-5,12H,6-9H2,1H3,(H,16,19). The highest BCUT2D eigenvalue weighted by atomic mass is 35.5. The Labute approximate surface area is 122 Å². The van der Waals surface area contributed by atoms with Crippen molar-refractivity contribution in [2.24, 2.45) is 0 Å². The number of morpholine rings is 1. The Hall–Kier alpha value is -1.43. The largest absolute Gasteiger partial charge is 0.378 e. The molecule has 20 heavy (non-hydrogen) atoms. The van der Waals surface area contributed by atoms with Crippen LogP contribution in [0.3, 0.4) is 0 Å². The fourth-order valence-electron chi connectivity index (χ4n) is 2.19. The third-order valence-electron chi connectivity index (χ3n) is 3.31. The summed E-state index contributed by atoms with van der Waals surface area (Å²) in [6.45, 7) is 1.53. The van der Waals surface area contributed by atoms with Gasteiger partial charge in [0.15, 0.2) is 5.78 Å². The molecular formula is C14H17ClN2O3. The lowest BCUT2D eigenvalue weighted by atomic mass is 10.1. The van der Waals surface area contributed by atoms with E-state index in [0.717, 1.165) is 0 Å². The summed E-state index contributed by atoms with van der Waals surface area (Å²) in [5, 5.41) is 3.02. The molecule has 1 atom stereocenters. The number of benzene rings is 1. The average Bonchev–Trinajstić information content (AvgIpc) is 2.47. The van der Waals surface area contributed by atoms with Crippen LogP contribution in [-0.2, 0) is 9.53 Å². The second-order valence-corrected chi connectivity index (χ2v) is 4.99. The van der Waals surface area contributed by atoms with E-state index in [4.69, 9.17) is 16.3 Å². The molecule has 0 aromatic heterocycles. The summed E-state index contributed by atoms with van der Waals surface area (Å²) in [5.41, 5.74) is 0.483. The van der Waals surface area contributed by atoms with Crippen molar-refractivity contribution in [1.82, 2.24) is 10.2 Å². The lowest BCUT2D eigenvalue weighted by molar-refractivity contribution is -0.131. The van der Waals surface area contributed by atoms with Crippen LogP contribution >= 0.6 is 11.6 Å². The number of hydrogen-bond acceptors (Lipinski definition) is 4. The lowest BCUT2D eigenvalue weighted by Crippen LogP contribution is -2.54. The summed E-state index contributed by atoms with van der Waals surface area (Å²) in [6, 6.07) is 6.50. The highest BCUT2D eigenvalue weighted by Crippen LogP contribution is 2.17. The zero-order valence-corrected chi connectivity index (χ0v) is 12.0. The van der Waals surface area contributed by atoms with E-state index in [1.165, 1.54) is 0 Å². The molecule has 0 bridgehead atoms. The maximum Gasteiger partial charge on any atom is 0.239 e. The maximum atomic E-state index is 12.3. The van der Waals surface area contributed by atoms with Gasteiger partial charge in [0.2, 0.25) is 5.91 Å². The first kappa shape index (κ1) is 15.0. The summed E-state index contributed by atoms with van der Waals surface area (Å²) >= 11 is 6.02. The lowest BCUT2D eigenvalue weighted by Gasteiger charge is -2.33. The quantitative estimate of drug-likeness (QED) is 0.841. The highest BCUT2D eigenvalue weighted by molar-refractivity contribution is 6.34. The predicted molar refractivity (Wildman–Crippen MR) is 76.0 cm³/mol. The van der Waals surface area contributed by atoms with Gasteiger partial charge in [0, 0.05) is 19.2 Å². The van der Waals surface area contributed by atoms with Gasteiger partial charge in [-0.1, -0.05) is 23.7 Å². The molecule has 5 nitrogen and oxygen atoms in total. The van der Waals surface area contributed by atoms with Gasteiger partial charge in [-0.2, -0.15) is 0 Å². The van der Waals surface area contributed by atoms with Crippen LogP contribution in [-0.4, -0.2) is 56.0 Å². The van der Waals surface area contributed by atoms with Gasteiger partial charge in [0.25, 0.3) is 0 Å². The molecule has 1 N–H and O–H groups in total. The van der Waals surface area contributed by atoms with Gasteiger partial charge >= 0.3 is 0 Å². The second kappa shape index (κ2) is 6.83. The van der Waals surface area contributed by atoms with Crippen molar-refractivity contribution >= 4 is 23.3 Å². The Bertz CT molecular complexity index is 507. The Balaban J connectivity index is 2.09. The number of nitrogens with zero attached hydrogens (tertiary/aromatic N) is 1. The smallest absolute Gasteiger partial charge is 0.239 e. The van der Waals surface area contributed by atoms with E-state index < -0.39 is 6.04 Å². The van der Waals surface area contributed by atoms with E-state index in [9.17, 15) is 9.59 Å². The van der Waals surface area contributed by atoms with Crippen molar-refractivity contribution in [3.63, 3.8) is 0 Å². The van der Waals surface area contributed by atoms with Crippen molar-refractivity contribution in [3.8, 4) is 0 Å². The molecule has 1 heterocycles. The number of carbonyl (C=O) groups excluding carboxylic acids is 2. The number of amides is 1. The van der Waals surface area contributed by atoms with Gasteiger partial charge in [0.05, 0.1) is 24.8 Å². The highest BCUT2D eigenvalue weighted by Gasteiger charge is 2.30. The molecule has 1 unspecified atom stereocenters. The zero-order valence-electron chi connectivity index (χ0n) is 11.3. The first-order valence-corrected chi connectivity index (χ1v) is 6.82. The molecule has 1 aromatic rings. The first-order valence-electron chi connectivity index (χ1n) is 6.44. The number of halogens is 1. The minimum Gasteiger partial charge on any atom is -0.378 e. The van der Waals surface area contributed by atoms with Crippen LogP contribution in [0.25, 0.3) is 0 Å². The van der Waals surface area contributed by atoms with Crippen LogP contribution in [0, 0.1) is 0 Å². The molecule has 0 saturated carbocycles. The third-order valence-corrected chi connectivity index (χ3v) is 3.64. The van der Waals surface area contributed by atoms with E-state index >= 15 is 0 Å². The molecule has 1 aliphatic heterocycles. The number of ketones is 1. The maximum absolute atomic E-state index is 12.3. The number of likely N-dealkylation sites (N-methyl/N-ethyl adjacent to an activating group) is 1. The molecule has 1 aromatic carbocycles. The monoisotopic (exact) mass is 296 g/mol. The number of Topliss-reactive ketones (excluding diaryl/α,β-unsaturated/α-hetero) is 1. The van der Waals surface area contributed by atoms with Crippen LogP contribution in [0.5, 0.6) is 0 Å². The minimum atomic E-state index is -0.430. The molecule has 0 radical (unpaired) electrons. The molecule has 2 rings (SSSR count). The molecule has 1 fully saturated rings. The van der Waals surface area contributed by atoms with E-state index in [0.29, 0.717) is 30.3 Å². The van der Waals surface area contributed by atoms with Crippen molar-refractivity contribution in [2.75, 3.05) is 33.4 Å². The van der Waals surface area contributed by atoms with E-state index in [-0.39, 0.29) is 18.2 Å². The van der Waals surface area contributed by atoms with Gasteiger partial charge in [-0.15, -0.1) is 0 Å². The summed E-state index contributed by atoms with van der Waals surface area (Å²) < 4.78 is 5.31. The summed E-state index contributed by atoms with van der Waals surface area (Å²) in [5.74, 6) is -0.233. The van der Waals surface area contributed by atoms with Gasteiger partial charge in [-0.25, -0.2) is 0 Å². The van der Waals surface area contributed by atoms with Crippen LogP contribution in [0.4, 0.5) is 0 Å². The molecule has 108 valence electrons. The fourth-order valence-corrected chi connectivity index (χ4v) is 2.43. The Kier molecular flexibility index (Phi) is 5.11. The fraction of sp³-hybridized carbons (Fsp3) is 0.429. The molecule has 0 spiro atoms. The molecule has 1 amide bonds. The molecule has 0 aliphatic carbocycles. The normalized spacial score (nSPS) is 19.6. The van der Waals surface area contributed by atoms with Crippen LogP contribution in [0.15, 0.2) is 24.3 Å². The molecule has 1 saturated heterocycles. The van der Waals surface area contributed by atoms with Crippen molar-refractivity contribution in [3.05, 3.63) is 34.9 Å². The molecule has 1 aliphatic rings. The van der Waals surface area contributed by atoms with Crippen LogP contribution < -0.4 is 5.32 Å². The SMILES string of the molecule is CNC(=O)C1COCCN1CC(=O)c1ccccc1Cl. The van der Waals surface area contributed by atoms with E-state index in [1.807, 2.05) is 4.90 Å². The number of carbonyl (C=O) groups is 2. The van der Waals surface area contributed by atoms with Crippen molar-refractivity contribution < 1.29 is 14.3 Å². The van der Waals surface area contributed by atoms with Crippen LogP contribution in [0.1, 0.15) is 10.4 Å². The number of hydrogen-bond donors (Lipinski definition) is 1. The van der Waals surface area contributed by atoms with Gasteiger partial charge in [-0.3, -0.25) is 14.5 Å². The predicted octanol–water partition coefficient (Wildman–Crippen LogP) is 0.970. The topological polar surface area (TPSA) is 58.6 Å². The third kappa shape index (κ3) is 3.36. The average molecular weight is 297 g/mol. The van der Waals surface area contributed by atoms with Gasteiger partial charge < -0.3 is 10.1 Å². The first-order chi connectivity index (χ1) is 9.63. The summed E-state index contributed by atoms with van der Waals surface area (Å²) in [4.78, 5) is 25.9. The second-order valence-electron chi connectivity index (χ2n) is 4.58. The van der Waals surface area contributed by atoms with Gasteiger partial charge in [-0.05, 0) is 12.1 Å². The number of rotatable bonds is 4. The number of nitrogens with one attached hydrogen (secondary N) is 1. The van der Waals surface area contributed by atoms with Gasteiger partial charge in [0.1, 0.15) is 6.04 Å². The van der Waals surface area contributed by atoms with Crippen molar-refractivity contribution in [2.45, 2.75) is 6.04 Å². The molecule has 6 heteroatoms.